The van der Waals surface area contributed by atoms with E-state index in [0.717, 1.165) is 0 Å². The highest BCUT2D eigenvalue weighted by atomic mass is 32.1. The number of amides is 4. The predicted molar refractivity (Wildman–Crippen MR) is 128 cm³/mol. The minimum absolute atomic E-state index is 0.000430. The van der Waals surface area contributed by atoms with Crippen molar-refractivity contribution in [3.05, 3.63) is 0 Å². The van der Waals surface area contributed by atoms with Gasteiger partial charge in [0.2, 0.25) is 23.6 Å². The minimum Gasteiger partial charge on any atom is -0.370 e. The highest BCUT2D eigenvalue weighted by Gasteiger charge is 2.24. The van der Waals surface area contributed by atoms with E-state index in [-0.39, 0.29) is 37.1 Å². The molecule has 15 nitrogen and oxygen atoms in total. The van der Waals surface area contributed by atoms with Gasteiger partial charge in [-0.15, -0.1) is 0 Å². The zero-order valence-electron chi connectivity index (χ0n) is 18.3. The standard InChI is InChI=1S/C17H35N11O4S/c18-9(3-1-5-24-16(20)21)14(31)28-10(4-2-6-25-17(22)23)15(32)26-7-12(29)27-11(8-33)13(19)30/h9-11,33H,1-8,18H2,(H2,19,30)(H,26,32)(H,27,29)(H,28,31)(H4,20,21,24)(H4,22,23,25)/t9-,10-,11-/m0/s1. The van der Waals surface area contributed by atoms with Gasteiger partial charge in [-0.25, -0.2) is 0 Å². The van der Waals surface area contributed by atoms with Gasteiger partial charge in [0, 0.05) is 18.8 Å². The molecule has 188 valence electrons. The van der Waals surface area contributed by atoms with Crippen LogP contribution in [0.1, 0.15) is 25.7 Å². The van der Waals surface area contributed by atoms with Crippen LogP contribution in [0.3, 0.4) is 0 Å². The largest absolute Gasteiger partial charge is 0.370 e. The van der Waals surface area contributed by atoms with Crippen LogP contribution in [0, 0.1) is 0 Å². The first-order valence-corrected chi connectivity index (χ1v) is 10.7. The van der Waals surface area contributed by atoms with Crippen molar-refractivity contribution >= 4 is 48.2 Å². The topological polar surface area (TPSA) is 285 Å². The molecule has 0 aliphatic heterocycles. The lowest BCUT2D eigenvalue weighted by atomic mass is 10.1. The van der Waals surface area contributed by atoms with Gasteiger partial charge in [0.1, 0.15) is 12.1 Å². The molecule has 0 unspecified atom stereocenters. The Morgan fingerprint density at radius 1 is 0.788 bits per heavy atom. The molecule has 0 bridgehead atoms. The molecule has 15 N–H and O–H groups in total. The van der Waals surface area contributed by atoms with E-state index >= 15 is 0 Å². The van der Waals surface area contributed by atoms with Crippen LogP contribution in [0.4, 0.5) is 0 Å². The molecule has 3 atom stereocenters. The molecule has 0 heterocycles. The Hall–Kier alpha value is -3.27. The van der Waals surface area contributed by atoms with Crippen LogP contribution < -0.4 is 50.4 Å². The third-order valence-corrected chi connectivity index (χ3v) is 4.53. The van der Waals surface area contributed by atoms with E-state index in [2.05, 4.69) is 38.6 Å². The molecule has 16 heteroatoms. The number of hydrogen-bond acceptors (Lipinski definition) is 8. The van der Waals surface area contributed by atoms with Crippen molar-refractivity contribution in [2.24, 2.45) is 44.4 Å². The smallest absolute Gasteiger partial charge is 0.243 e. The van der Waals surface area contributed by atoms with Crippen LogP contribution in [-0.2, 0) is 19.2 Å². The lowest BCUT2D eigenvalue weighted by Crippen LogP contribution is -2.54. The summed E-state index contributed by atoms with van der Waals surface area (Å²) in [5.74, 6) is -2.77. The molecule has 0 fully saturated rings. The molecule has 0 aliphatic rings. The summed E-state index contributed by atoms with van der Waals surface area (Å²) in [5, 5.41) is 7.29. The summed E-state index contributed by atoms with van der Waals surface area (Å²) in [4.78, 5) is 55.8. The van der Waals surface area contributed by atoms with E-state index in [1.54, 1.807) is 0 Å². The van der Waals surface area contributed by atoms with Gasteiger partial charge >= 0.3 is 0 Å². The second kappa shape index (κ2) is 16.4. The normalized spacial score (nSPS) is 13.0. The van der Waals surface area contributed by atoms with Gasteiger partial charge < -0.3 is 50.4 Å². The molecule has 4 amide bonds. The second-order valence-electron chi connectivity index (χ2n) is 6.99. The molecule has 0 aromatic rings. The van der Waals surface area contributed by atoms with Gasteiger partial charge in [0.25, 0.3) is 0 Å². The van der Waals surface area contributed by atoms with E-state index in [0.29, 0.717) is 19.4 Å². The summed E-state index contributed by atoms with van der Waals surface area (Å²) < 4.78 is 0. The van der Waals surface area contributed by atoms with Crippen LogP contribution in [0.2, 0.25) is 0 Å². The second-order valence-corrected chi connectivity index (χ2v) is 7.35. The SMILES string of the molecule is NC(=O)[C@H](CS)NC(=O)CNC(=O)[C@H](CCCN=C(N)N)NC(=O)[C@@H](N)CCCN=C(N)N. The highest BCUT2D eigenvalue weighted by molar-refractivity contribution is 7.80. The van der Waals surface area contributed by atoms with Crippen molar-refractivity contribution in [3.8, 4) is 0 Å². The minimum atomic E-state index is -1.000. The number of nitrogens with zero attached hydrogens (tertiary/aromatic N) is 2. The average molecular weight is 490 g/mol. The molecule has 0 spiro atoms. The number of carbonyl (C=O) groups excluding carboxylic acids is 4. The van der Waals surface area contributed by atoms with E-state index in [1.807, 2.05) is 0 Å². The third-order valence-electron chi connectivity index (χ3n) is 4.17. The molecular formula is C17H35N11O4S. The Labute approximate surface area is 197 Å². The number of hydrogen-bond donors (Lipinski definition) is 10. The highest BCUT2D eigenvalue weighted by Crippen LogP contribution is 2.02. The van der Waals surface area contributed by atoms with Gasteiger partial charge in [0.05, 0.1) is 12.6 Å². The number of carbonyl (C=O) groups is 4. The summed E-state index contributed by atoms with van der Waals surface area (Å²) in [7, 11) is 0. The Morgan fingerprint density at radius 3 is 1.82 bits per heavy atom. The molecule has 33 heavy (non-hydrogen) atoms. The lowest BCUT2D eigenvalue weighted by Gasteiger charge is -2.21. The van der Waals surface area contributed by atoms with E-state index in [1.165, 1.54) is 0 Å². The summed E-state index contributed by atoms with van der Waals surface area (Å²) in [6.07, 6.45) is 1.29. The maximum Gasteiger partial charge on any atom is 0.243 e. The lowest BCUT2D eigenvalue weighted by molar-refractivity contribution is -0.131. The molecular weight excluding hydrogens is 454 g/mol. The fourth-order valence-corrected chi connectivity index (χ4v) is 2.72. The van der Waals surface area contributed by atoms with Crippen molar-refractivity contribution in [2.75, 3.05) is 25.4 Å². The summed E-state index contributed by atoms with van der Waals surface area (Å²) in [6, 6.07) is -2.88. The van der Waals surface area contributed by atoms with Gasteiger partial charge in [-0.1, -0.05) is 0 Å². The van der Waals surface area contributed by atoms with Crippen molar-refractivity contribution < 1.29 is 19.2 Å². The predicted octanol–water partition coefficient (Wildman–Crippen LogP) is -5.08. The number of primary amides is 1. The third kappa shape index (κ3) is 14.4. The number of rotatable bonds is 16. The quantitative estimate of drug-likeness (QED) is 0.0428. The number of guanidine groups is 2. The van der Waals surface area contributed by atoms with Crippen LogP contribution in [0.25, 0.3) is 0 Å². The summed E-state index contributed by atoms with van der Waals surface area (Å²) in [6.45, 7) is 0.0932. The first kappa shape index (κ1) is 29.7. The van der Waals surface area contributed by atoms with Gasteiger partial charge in [-0.05, 0) is 25.7 Å². The molecule has 0 saturated carbocycles. The number of nitrogens with one attached hydrogen (secondary N) is 3. The monoisotopic (exact) mass is 489 g/mol. The van der Waals surface area contributed by atoms with Crippen LogP contribution >= 0.6 is 12.6 Å². The Kier molecular flexibility index (Phi) is 14.8. The van der Waals surface area contributed by atoms with Crippen LogP contribution in [0.15, 0.2) is 9.98 Å². The Morgan fingerprint density at radius 2 is 1.33 bits per heavy atom. The molecule has 0 aromatic heterocycles. The van der Waals surface area contributed by atoms with Crippen LogP contribution in [0.5, 0.6) is 0 Å². The fraction of sp³-hybridized carbons (Fsp3) is 0.647. The Bertz CT molecular complexity index is 724. The summed E-state index contributed by atoms with van der Waals surface area (Å²) >= 11 is 3.92. The van der Waals surface area contributed by atoms with Crippen molar-refractivity contribution in [2.45, 2.75) is 43.8 Å². The molecule has 0 rings (SSSR count). The van der Waals surface area contributed by atoms with Gasteiger partial charge in [-0.3, -0.25) is 29.2 Å². The molecule has 0 saturated heterocycles. The van der Waals surface area contributed by atoms with Gasteiger partial charge in [0.15, 0.2) is 11.9 Å². The maximum atomic E-state index is 12.6. The number of nitrogens with two attached hydrogens (primary N) is 6. The zero-order chi connectivity index (χ0) is 25.4. The van der Waals surface area contributed by atoms with Crippen molar-refractivity contribution in [3.63, 3.8) is 0 Å². The molecule has 0 aromatic carbocycles. The zero-order valence-corrected chi connectivity index (χ0v) is 19.2. The number of thiol groups is 1. The average Bonchev–Trinajstić information content (AvgIpc) is 2.74. The Balaban J connectivity index is 4.91. The summed E-state index contributed by atoms with van der Waals surface area (Å²) in [5.41, 5.74) is 32.0. The molecule has 0 aliphatic carbocycles. The van der Waals surface area contributed by atoms with E-state index in [4.69, 9.17) is 34.4 Å². The number of aliphatic imine (C=N–C) groups is 2. The van der Waals surface area contributed by atoms with Crippen molar-refractivity contribution in [1.29, 1.82) is 0 Å². The van der Waals surface area contributed by atoms with Gasteiger partial charge in [-0.2, -0.15) is 12.6 Å². The van der Waals surface area contributed by atoms with E-state index < -0.39 is 48.3 Å². The molecule has 0 radical (unpaired) electrons. The maximum absolute atomic E-state index is 12.6. The first-order valence-electron chi connectivity index (χ1n) is 10.1. The fourth-order valence-electron chi connectivity index (χ4n) is 2.44. The first-order chi connectivity index (χ1) is 15.5. The van der Waals surface area contributed by atoms with Crippen molar-refractivity contribution in [1.82, 2.24) is 16.0 Å². The van der Waals surface area contributed by atoms with Crippen LogP contribution in [-0.4, -0.2) is 79.1 Å². The van der Waals surface area contributed by atoms with E-state index in [9.17, 15) is 19.2 Å².